The predicted molar refractivity (Wildman–Crippen MR) is 78.0 cm³/mol. The molecule has 0 saturated heterocycles. The number of carbonyl (C=O) groups is 1. The summed E-state index contributed by atoms with van der Waals surface area (Å²) in [5.74, 6) is -0.630. The molecule has 0 aliphatic heterocycles. The molecule has 6 heteroatoms. The van der Waals surface area contributed by atoms with Gasteiger partial charge in [-0.25, -0.2) is 9.37 Å². The van der Waals surface area contributed by atoms with Crippen LogP contribution in [-0.4, -0.2) is 35.1 Å². The topological polar surface area (TPSA) is 55.6 Å². The predicted octanol–water partition coefficient (Wildman–Crippen LogP) is 2.19. The summed E-state index contributed by atoms with van der Waals surface area (Å²) in [5, 5.41) is 2.83. The molecule has 1 amide bonds. The van der Waals surface area contributed by atoms with E-state index in [9.17, 15) is 9.18 Å². The van der Waals surface area contributed by atoms with E-state index in [1.807, 2.05) is 13.8 Å². The molecule has 0 aliphatic carbocycles. The molecule has 0 saturated carbocycles. The molecule has 2 heterocycles. The molecular formula is C15H20FN3O2. The molecule has 2 aromatic heterocycles. The molecule has 0 aliphatic rings. The summed E-state index contributed by atoms with van der Waals surface area (Å²) in [6.07, 6.45) is 2.65. The molecule has 0 atom stereocenters. The SMILES string of the molecule is CCOCCCNC(=O)c1c(CC)nc2ccc(F)cn12. The van der Waals surface area contributed by atoms with Crippen LogP contribution in [0.5, 0.6) is 0 Å². The minimum absolute atomic E-state index is 0.235. The molecule has 0 bridgehead atoms. The zero-order valence-electron chi connectivity index (χ0n) is 12.4. The van der Waals surface area contributed by atoms with Crippen LogP contribution >= 0.6 is 0 Å². The van der Waals surface area contributed by atoms with Crippen molar-refractivity contribution < 1.29 is 13.9 Å². The third-order valence-corrected chi connectivity index (χ3v) is 3.16. The number of ether oxygens (including phenoxy) is 1. The summed E-state index contributed by atoms with van der Waals surface area (Å²) in [4.78, 5) is 16.7. The number of halogens is 1. The quantitative estimate of drug-likeness (QED) is 0.796. The average molecular weight is 293 g/mol. The number of rotatable bonds is 7. The van der Waals surface area contributed by atoms with Crippen molar-refractivity contribution in [2.45, 2.75) is 26.7 Å². The van der Waals surface area contributed by atoms with Crippen LogP contribution in [0.25, 0.3) is 5.65 Å². The number of hydrogen-bond acceptors (Lipinski definition) is 3. The maximum Gasteiger partial charge on any atom is 0.270 e. The zero-order chi connectivity index (χ0) is 15.2. The fourth-order valence-electron chi connectivity index (χ4n) is 2.16. The van der Waals surface area contributed by atoms with E-state index in [1.165, 1.54) is 16.7 Å². The molecule has 5 nitrogen and oxygen atoms in total. The fourth-order valence-corrected chi connectivity index (χ4v) is 2.16. The van der Waals surface area contributed by atoms with Crippen LogP contribution in [0.4, 0.5) is 4.39 Å². The van der Waals surface area contributed by atoms with Gasteiger partial charge in [0.05, 0.1) is 5.69 Å². The van der Waals surface area contributed by atoms with E-state index in [1.54, 1.807) is 6.07 Å². The van der Waals surface area contributed by atoms with Gasteiger partial charge in [0.1, 0.15) is 17.2 Å². The Bertz CT molecular complexity index is 625. The number of aryl methyl sites for hydroxylation is 1. The van der Waals surface area contributed by atoms with E-state index in [2.05, 4.69) is 10.3 Å². The lowest BCUT2D eigenvalue weighted by atomic mass is 10.2. The van der Waals surface area contributed by atoms with E-state index in [0.717, 1.165) is 6.42 Å². The molecule has 0 spiro atoms. The van der Waals surface area contributed by atoms with E-state index in [0.29, 0.717) is 43.2 Å². The van der Waals surface area contributed by atoms with Gasteiger partial charge in [-0.2, -0.15) is 0 Å². The molecule has 114 valence electrons. The summed E-state index contributed by atoms with van der Waals surface area (Å²) in [6.45, 7) is 5.65. The number of nitrogens with zero attached hydrogens (tertiary/aromatic N) is 2. The highest BCUT2D eigenvalue weighted by molar-refractivity contribution is 5.94. The Morgan fingerprint density at radius 3 is 2.95 bits per heavy atom. The van der Waals surface area contributed by atoms with Crippen molar-refractivity contribution in [3.8, 4) is 0 Å². The van der Waals surface area contributed by atoms with Crippen LogP contribution in [0, 0.1) is 5.82 Å². The van der Waals surface area contributed by atoms with Crippen molar-refractivity contribution in [1.82, 2.24) is 14.7 Å². The van der Waals surface area contributed by atoms with Gasteiger partial charge in [-0.1, -0.05) is 6.92 Å². The van der Waals surface area contributed by atoms with E-state index < -0.39 is 5.82 Å². The van der Waals surface area contributed by atoms with Crippen molar-refractivity contribution in [3.63, 3.8) is 0 Å². The first kappa shape index (κ1) is 15.4. The lowest BCUT2D eigenvalue weighted by Gasteiger charge is -2.07. The Kier molecular flexibility index (Phi) is 5.27. The molecule has 2 rings (SSSR count). The second-order valence-electron chi connectivity index (χ2n) is 4.64. The third-order valence-electron chi connectivity index (χ3n) is 3.16. The van der Waals surface area contributed by atoms with Crippen molar-refractivity contribution in [1.29, 1.82) is 0 Å². The number of pyridine rings is 1. The van der Waals surface area contributed by atoms with E-state index in [-0.39, 0.29) is 5.91 Å². The summed E-state index contributed by atoms with van der Waals surface area (Å²) < 4.78 is 20.1. The number of imidazole rings is 1. The minimum atomic E-state index is -0.395. The highest BCUT2D eigenvalue weighted by Gasteiger charge is 2.18. The van der Waals surface area contributed by atoms with Gasteiger partial charge in [-0.05, 0) is 31.9 Å². The van der Waals surface area contributed by atoms with Gasteiger partial charge < -0.3 is 10.1 Å². The van der Waals surface area contributed by atoms with Crippen LogP contribution in [-0.2, 0) is 11.2 Å². The Morgan fingerprint density at radius 2 is 2.24 bits per heavy atom. The van der Waals surface area contributed by atoms with Crippen molar-refractivity contribution in [3.05, 3.63) is 35.5 Å². The number of amides is 1. The van der Waals surface area contributed by atoms with Gasteiger partial charge in [-0.3, -0.25) is 9.20 Å². The largest absolute Gasteiger partial charge is 0.382 e. The first-order valence-electron chi connectivity index (χ1n) is 7.19. The van der Waals surface area contributed by atoms with Gasteiger partial charge in [0.25, 0.3) is 5.91 Å². The third kappa shape index (κ3) is 3.58. The lowest BCUT2D eigenvalue weighted by Crippen LogP contribution is -2.27. The molecular weight excluding hydrogens is 273 g/mol. The van der Waals surface area contributed by atoms with Crippen LogP contribution in [0.2, 0.25) is 0 Å². The van der Waals surface area contributed by atoms with Gasteiger partial charge in [-0.15, -0.1) is 0 Å². The number of aromatic nitrogens is 2. The molecule has 0 fully saturated rings. The number of hydrogen-bond donors (Lipinski definition) is 1. The van der Waals surface area contributed by atoms with Gasteiger partial charge in [0.15, 0.2) is 0 Å². The Morgan fingerprint density at radius 1 is 1.43 bits per heavy atom. The van der Waals surface area contributed by atoms with Crippen LogP contribution in [0.15, 0.2) is 18.3 Å². The van der Waals surface area contributed by atoms with Gasteiger partial charge in [0.2, 0.25) is 0 Å². The first-order valence-corrected chi connectivity index (χ1v) is 7.19. The summed E-state index contributed by atoms with van der Waals surface area (Å²) >= 11 is 0. The van der Waals surface area contributed by atoms with Crippen LogP contribution < -0.4 is 5.32 Å². The normalized spacial score (nSPS) is 11.0. The monoisotopic (exact) mass is 293 g/mol. The summed E-state index contributed by atoms with van der Waals surface area (Å²) in [7, 11) is 0. The molecule has 0 unspecified atom stereocenters. The Hall–Kier alpha value is -1.95. The number of carbonyl (C=O) groups excluding carboxylic acids is 1. The minimum Gasteiger partial charge on any atom is -0.382 e. The second kappa shape index (κ2) is 7.17. The molecule has 21 heavy (non-hydrogen) atoms. The van der Waals surface area contributed by atoms with E-state index in [4.69, 9.17) is 4.74 Å². The zero-order valence-corrected chi connectivity index (χ0v) is 12.4. The molecule has 0 radical (unpaired) electrons. The maximum atomic E-state index is 13.4. The second-order valence-corrected chi connectivity index (χ2v) is 4.64. The molecule has 0 aromatic carbocycles. The smallest absolute Gasteiger partial charge is 0.270 e. The van der Waals surface area contributed by atoms with Crippen LogP contribution in [0.1, 0.15) is 36.5 Å². The fraction of sp³-hybridized carbons (Fsp3) is 0.467. The molecule has 1 N–H and O–H groups in total. The van der Waals surface area contributed by atoms with Crippen molar-refractivity contribution in [2.75, 3.05) is 19.8 Å². The van der Waals surface area contributed by atoms with Crippen molar-refractivity contribution in [2.24, 2.45) is 0 Å². The highest BCUT2D eigenvalue weighted by atomic mass is 19.1. The molecule has 2 aromatic rings. The standard InChI is InChI=1S/C15H20FN3O2/c1-3-12-14(15(20)17-8-5-9-21-4-2)19-10-11(16)6-7-13(19)18-12/h6-7,10H,3-5,8-9H2,1-2H3,(H,17,20). The van der Waals surface area contributed by atoms with Gasteiger partial charge in [0, 0.05) is 26.0 Å². The van der Waals surface area contributed by atoms with E-state index >= 15 is 0 Å². The van der Waals surface area contributed by atoms with Crippen LogP contribution in [0.3, 0.4) is 0 Å². The first-order chi connectivity index (χ1) is 10.2. The summed E-state index contributed by atoms with van der Waals surface area (Å²) in [6, 6.07) is 2.91. The lowest BCUT2D eigenvalue weighted by molar-refractivity contribution is 0.0937. The number of nitrogens with one attached hydrogen (secondary N) is 1. The highest BCUT2D eigenvalue weighted by Crippen LogP contribution is 2.14. The number of fused-ring (bicyclic) bond motifs is 1. The average Bonchev–Trinajstić information content (AvgIpc) is 2.84. The van der Waals surface area contributed by atoms with Crippen molar-refractivity contribution >= 4 is 11.6 Å². The van der Waals surface area contributed by atoms with Gasteiger partial charge >= 0.3 is 0 Å². The summed E-state index contributed by atoms with van der Waals surface area (Å²) in [5.41, 5.74) is 1.65. The maximum absolute atomic E-state index is 13.4. The Labute approximate surface area is 123 Å². The Balaban J connectivity index is 2.15.